The molecule has 0 atom stereocenters. The van der Waals surface area contributed by atoms with E-state index in [1.54, 1.807) is 11.3 Å². The van der Waals surface area contributed by atoms with Crippen LogP contribution in [0.1, 0.15) is 12.0 Å². The summed E-state index contributed by atoms with van der Waals surface area (Å²) in [7, 11) is 0. The Hall–Kier alpha value is -2.94. The van der Waals surface area contributed by atoms with E-state index in [0.29, 0.717) is 6.54 Å². The minimum absolute atomic E-state index is 0.0509. The molecule has 0 aliphatic carbocycles. The van der Waals surface area contributed by atoms with Crippen LogP contribution in [0.5, 0.6) is 0 Å². The third kappa shape index (κ3) is 6.60. The van der Waals surface area contributed by atoms with Gasteiger partial charge in [0.15, 0.2) is 5.13 Å². The molecule has 0 spiro atoms. The van der Waals surface area contributed by atoms with Crippen molar-refractivity contribution in [1.29, 1.82) is 0 Å². The maximum Gasteiger partial charge on any atom is 0.238 e. The summed E-state index contributed by atoms with van der Waals surface area (Å²) in [5.41, 5.74) is 3.45. The first-order chi connectivity index (χ1) is 17.2. The quantitative estimate of drug-likeness (QED) is 0.546. The zero-order valence-electron chi connectivity index (χ0n) is 20.2. The van der Waals surface area contributed by atoms with E-state index in [4.69, 9.17) is 0 Å². The van der Waals surface area contributed by atoms with E-state index >= 15 is 0 Å². The highest BCUT2D eigenvalue weighted by Crippen LogP contribution is 2.21. The lowest BCUT2D eigenvalue weighted by molar-refractivity contribution is -0.117. The zero-order chi connectivity index (χ0) is 23.9. The Morgan fingerprint density at radius 2 is 1.57 bits per heavy atom. The van der Waals surface area contributed by atoms with Gasteiger partial charge in [-0.1, -0.05) is 30.3 Å². The molecule has 3 aromatic rings. The fraction of sp³-hybridized carbons (Fsp3) is 0.407. The second-order valence-corrected chi connectivity index (χ2v) is 10.1. The number of amides is 1. The fourth-order valence-corrected chi connectivity index (χ4v) is 5.55. The maximum absolute atomic E-state index is 12.7. The molecule has 0 bridgehead atoms. The Kier molecular flexibility index (Phi) is 7.92. The Morgan fingerprint density at radius 1 is 0.829 bits per heavy atom. The lowest BCUT2D eigenvalue weighted by Gasteiger charge is -2.36. The number of carbonyl (C=O) groups is 1. The van der Waals surface area contributed by atoms with E-state index in [2.05, 4.69) is 72.4 Å². The molecule has 0 radical (unpaired) electrons. The number of nitrogens with one attached hydrogen (secondary N) is 1. The highest BCUT2D eigenvalue weighted by molar-refractivity contribution is 7.13. The number of aromatic nitrogens is 1. The van der Waals surface area contributed by atoms with Crippen LogP contribution in [0.25, 0.3) is 0 Å². The third-order valence-electron chi connectivity index (χ3n) is 6.78. The molecule has 2 fully saturated rings. The SMILES string of the molecule is O=C(CN1CCCN(c2nccs2)CC1)Nc1ccc(N2CCN(Cc3ccccc3)CC2)cc1. The second-order valence-electron chi connectivity index (χ2n) is 9.28. The van der Waals surface area contributed by atoms with Gasteiger partial charge in [-0.25, -0.2) is 4.98 Å². The largest absolute Gasteiger partial charge is 0.369 e. The number of carbonyl (C=O) groups excluding carboxylic acids is 1. The van der Waals surface area contributed by atoms with Gasteiger partial charge in [-0.2, -0.15) is 0 Å². The number of piperazine rings is 1. The van der Waals surface area contributed by atoms with E-state index in [1.165, 1.54) is 11.3 Å². The summed E-state index contributed by atoms with van der Waals surface area (Å²) in [4.78, 5) is 26.6. The van der Waals surface area contributed by atoms with E-state index in [-0.39, 0.29) is 5.91 Å². The van der Waals surface area contributed by atoms with Crippen LogP contribution in [0.2, 0.25) is 0 Å². The van der Waals surface area contributed by atoms with Gasteiger partial charge in [-0.3, -0.25) is 14.6 Å². The van der Waals surface area contributed by atoms with Crippen molar-refractivity contribution in [2.45, 2.75) is 13.0 Å². The zero-order valence-corrected chi connectivity index (χ0v) is 21.0. The lowest BCUT2D eigenvalue weighted by Crippen LogP contribution is -2.45. The molecule has 184 valence electrons. The molecule has 2 aliphatic heterocycles. The first-order valence-electron chi connectivity index (χ1n) is 12.5. The second kappa shape index (κ2) is 11.7. The lowest BCUT2D eigenvalue weighted by atomic mass is 10.2. The molecule has 8 heteroatoms. The fourth-order valence-electron chi connectivity index (χ4n) is 4.86. The number of hydrogen-bond acceptors (Lipinski definition) is 7. The summed E-state index contributed by atoms with van der Waals surface area (Å²) < 4.78 is 0. The molecule has 0 saturated carbocycles. The molecular weight excluding hydrogens is 456 g/mol. The Labute approximate surface area is 212 Å². The van der Waals surface area contributed by atoms with Crippen LogP contribution >= 0.6 is 11.3 Å². The van der Waals surface area contributed by atoms with Crippen LogP contribution in [-0.4, -0.2) is 79.6 Å². The molecule has 7 nitrogen and oxygen atoms in total. The molecule has 1 aromatic heterocycles. The first kappa shape index (κ1) is 23.8. The molecule has 3 heterocycles. The summed E-state index contributed by atoms with van der Waals surface area (Å²) in [6.07, 6.45) is 2.90. The van der Waals surface area contributed by atoms with Crippen LogP contribution in [0.3, 0.4) is 0 Å². The number of hydrogen-bond donors (Lipinski definition) is 1. The van der Waals surface area contributed by atoms with E-state index < -0.39 is 0 Å². The predicted molar refractivity (Wildman–Crippen MR) is 144 cm³/mol. The van der Waals surface area contributed by atoms with Gasteiger partial charge in [0.1, 0.15) is 0 Å². The highest BCUT2D eigenvalue weighted by Gasteiger charge is 2.19. The monoisotopic (exact) mass is 490 g/mol. The summed E-state index contributed by atoms with van der Waals surface area (Å²) >= 11 is 1.68. The van der Waals surface area contributed by atoms with Gasteiger partial charge in [0.2, 0.25) is 5.91 Å². The van der Waals surface area contributed by atoms with Crippen molar-refractivity contribution in [2.75, 3.05) is 74.0 Å². The first-order valence-corrected chi connectivity index (χ1v) is 13.4. The minimum atomic E-state index is 0.0509. The summed E-state index contributed by atoms with van der Waals surface area (Å²) in [6.45, 7) is 9.31. The Bertz CT molecular complexity index is 1050. The number of benzene rings is 2. The van der Waals surface area contributed by atoms with Gasteiger partial charge in [0, 0.05) is 81.9 Å². The van der Waals surface area contributed by atoms with Gasteiger partial charge in [0.25, 0.3) is 0 Å². The number of nitrogens with zero attached hydrogens (tertiary/aromatic N) is 5. The summed E-state index contributed by atoms with van der Waals surface area (Å²) in [5, 5.41) is 6.18. The number of rotatable bonds is 7. The third-order valence-corrected chi connectivity index (χ3v) is 7.62. The van der Waals surface area contributed by atoms with Crippen LogP contribution in [0.15, 0.2) is 66.2 Å². The standard InChI is InChI=1S/C27H34N6OS/c34-26(22-30-12-4-13-33(19-16-30)27-28-11-20-35-27)29-24-7-9-25(10-8-24)32-17-14-31(15-18-32)21-23-5-2-1-3-6-23/h1-3,5-11,20H,4,12-19,21-22H2,(H,29,34). The smallest absolute Gasteiger partial charge is 0.238 e. The van der Waals surface area contributed by atoms with Crippen molar-refractivity contribution in [3.63, 3.8) is 0 Å². The average Bonchev–Trinajstić information content (AvgIpc) is 3.33. The molecule has 0 unspecified atom stereocenters. The van der Waals surface area contributed by atoms with Gasteiger partial charge in [0.05, 0.1) is 6.54 Å². The van der Waals surface area contributed by atoms with Gasteiger partial charge in [-0.05, 0) is 36.2 Å². The summed E-state index contributed by atoms with van der Waals surface area (Å²) in [5.74, 6) is 0.0509. The molecule has 1 N–H and O–H groups in total. The van der Waals surface area contributed by atoms with Gasteiger partial charge in [-0.15, -0.1) is 11.3 Å². The predicted octanol–water partition coefficient (Wildman–Crippen LogP) is 3.62. The van der Waals surface area contributed by atoms with Crippen LogP contribution < -0.4 is 15.1 Å². The van der Waals surface area contributed by atoms with Crippen LogP contribution in [0.4, 0.5) is 16.5 Å². The molecule has 1 amide bonds. The van der Waals surface area contributed by atoms with Crippen molar-refractivity contribution in [3.8, 4) is 0 Å². The topological polar surface area (TPSA) is 55.0 Å². The Balaban J connectivity index is 1.06. The molecule has 5 rings (SSSR count). The van der Waals surface area contributed by atoms with Crippen molar-refractivity contribution >= 4 is 33.8 Å². The van der Waals surface area contributed by atoms with E-state index in [9.17, 15) is 4.79 Å². The maximum atomic E-state index is 12.7. The van der Waals surface area contributed by atoms with Crippen LogP contribution in [-0.2, 0) is 11.3 Å². The molecule has 2 saturated heterocycles. The average molecular weight is 491 g/mol. The number of anilines is 3. The van der Waals surface area contributed by atoms with E-state index in [0.717, 1.165) is 76.1 Å². The summed E-state index contributed by atoms with van der Waals surface area (Å²) in [6, 6.07) is 19.0. The van der Waals surface area contributed by atoms with Gasteiger partial charge >= 0.3 is 0 Å². The molecular formula is C27H34N6OS. The normalized spacial score (nSPS) is 17.8. The molecule has 2 aromatic carbocycles. The highest BCUT2D eigenvalue weighted by atomic mass is 32.1. The van der Waals surface area contributed by atoms with Crippen molar-refractivity contribution in [1.82, 2.24) is 14.8 Å². The molecule has 2 aliphatic rings. The van der Waals surface area contributed by atoms with E-state index in [1.807, 2.05) is 23.7 Å². The van der Waals surface area contributed by atoms with Crippen molar-refractivity contribution in [3.05, 3.63) is 71.7 Å². The molecule has 35 heavy (non-hydrogen) atoms. The number of thiazole rings is 1. The minimum Gasteiger partial charge on any atom is -0.369 e. The van der Waals surface area contributed by atoms with Crippen LogP contribution in [0, 0.1) is 0 Å². The Morgan fingerprint density at radius 3 is 2.31 bits per heavy atom. The van der Waals surface area contributed by atoms with Gasteiger partial charge < -0.3 is 15.1 Å². The van der Waals surface area contributed by atoms with Crippen molar-refractivity contribution in [2.24, 2.45) is 0 Å². The van der Waals surface area contributed by atoms with Crippen molar-refractivity contribution < 1.29 is 4.79 Å².